The maximum absolute atomic E-state index is 12.3. The lowest BCUT2D eigenvalue weighted by atomic mass is 10.0. The Kier molecular flexibility index (Phi) is 4.75. The maximum Gasteiger partial charge on any atom is 0.411 e. The Balaban J connectivity index is 3.18. The highest BCUT2D eigenvalue weighted by atomic mass is 32.1. The summed E-state index contributed by atoms with van der Waals surface area (Å²) in [4.78, 5) is 29.2. The molecule has 0 spiro atoms. The lowest BCUT2D eigenvalue weighted by Gasteiger charge is -2.36. The van der Waals surface area contributed by atoms with E-state index in [4.69, 9.17) is 4.74 Å². The Morgan fingerprint density at radius 1 is 1.40 bits per heavy atom. The molecule has 1 unspecified atom stereocenters. The molecule has 0 aromatic carbocycles. The standard InChI is InChI=1S/C13H20N2O4S/c1-6-15(11(18)19-12(2,3)4)13(5,10(16)17)9-14-7-8-20-9/h7-8H,6H2,1-5H3,(H,16,17). The normalized spacial score (nSPS) is 14.4. The van der Waals surface area contributed by atoms with E-state index >= 15 is 0 Å². The Bertz CT molecular complexity index is 481. The fourth-order valence-electron chi connectivity index (χ4n) is 1.73. The molecule has 0 aliphatic heterocycles. The summed E-state index contributed by atoms with van der Waals surface area (Å²) in [5.41, 5.74) is -2.22. The van der Waals surface area contributed by atoms with Crippen LogP contribution in [0.2, 0.25) is 0 Å². The van der Waals surface area contributed by atoms with Gasteiger partial charge in [-0.15, -0.1) is 11.3 Å². The van der Waals surface area contributed by atoms with Crippen LogP contribution in [0.25, 0.3) is 0 Å². The van der Waals surface area contributed by atoms with Gasteiger partial charge >= 0.3 is 12.1 Å². The molecule has 0 saturated heterocycles. The van der Waals surface area contributed by atoms with E-state index in [0.29, 0.717) is 5.01 Å². The Labute approximate surface area is 122 Å². The van der Waals surface area contributed by atoms with E-state index in [2.05, 4.69) is 4.98 Å². The first-order valence-corrected chi connectivity index (χ1v) is 7.15. The average Bonchev–Trinajstić information content (AvgIpc) is 2.80. The second-order valence-electron chi connectivity index (χ2n) is 5.44. The molecule has 112 valence electrons. The minimum Gasteiger partial charge on any atom is -0.479 e. The molecule has 0 aliphatic rings. The molecular formula is C13H20N2O4S. The zero-order valence-electron chi connectivity index (χ0n) is 12.3. The van der Waals surface area contributed by atoms with Crippen LogP contribution in [-0.2, 0) is 15.1 Å². The van der Waals surface area contributed by atoms with Crippen molar-refractivity contribution in [2.45, 2.75) is 45.8 Å². The van der Waals surface area contributed by atoms with E-state index in [1.54, 1.807) is 33.1 Å². The molecule has 1 heterocycles. The third-order valence-corrected chi connectivity index (χ3v) is 3.72. The van der Waals surface area contributed by atoms with Gasteiger partial charge in [-0.3, -0.25) is 4.90 Å². The topological polar surface area (TPSA) is 79.7 Å². The molecule has 0 aliphatic carbocycles. The van der Waals surface area contributed by atoms with Crippen LogP contribution in [0.3, 0.4) is 0 Å². The number of amides is 1. The van der Waals surface area contributed by atoms with Gasteiger partial charge in [-0.2, -0.15) is 0 Å². The van der Waals surface area contributed by atoms with Crippen LogP contribution in [-0.4, -0.2) is 39.2 Å². The van der Waals surface area contributed by atoms with Gasteiger partial charge in [0.25, 0.3) is 0 Å². The van der Waals surface area contributed by atoms with Crippen LogP contribution >= 0.6 is 11.3 Å². The van der Waals surface area contributed by atoms with Gasteiger partial charge in [0.1, 0.15) is 10.6 Å². The average molecular weight is 300 g/mol. The van der Waals surface area contributed by atoms with Crippen LogP contribution < -0.4 is 0 Å². The highest BCUT2D eigenvalue weighted by molar-refractivity contribution is 7.09. The van der Waals surface area contributed by atoms with E-state index in [-0.39, 0.29) is 6.54 Å². The number of carboxylic acids is 1. The van der Waals surface area contributed by atoms with Gasteiger partial charge in [-0.05, 0) is 34.6 Å². The molecule has 20 heavy (non-hydrogen) atoms. The minimum absolute atomic E-state index is 0.206. The second kappa shape index (κ2) is 5.78. The smallest absolute Gasteiger partial charge is 0.411 e. The van der Waals surface area contributed by atoms with Crippen LogP contribution in [0.4, 0.5) is 4.79 Å². The fourth-order valence-corrected chi connectivity index (χ4v) is 2.53. The second-order valence-corrected chi connectivity index (χ2v) is 6.33. The zero-order valence-corrected chi connectivity index (χ0v) is 13.2. The molecule has 1 N–H and O–H groups in total. The van der Waals surface area contributed by atoms with E-state index in [9.17, 15) is 14.7 Å². The highest BCUT2D eigenvalue weighted by Gasteiger charge is 2.47. The number of carboxylic acid groups (broad SMARTS) is 1. The van der Waals surface area contributed by atoms with Gasteiger partial charge in [0, 0.05) is 18.1 Å². The van der Waals surface area contributed by atoms with Crippen molar-refractivity contribution in [3.63, 3.8) is 0 Å². The van der Waals surface area contributed by atoms with E-state index in [1.807, 2.05) is 0 Å². The summed E-state index contributed by atoms with van der Waals surface area (Å²) in [5, 5.41) is 11.6. The predicted molar refractivity (Wildman–Crippen MR) is 75.7 cm³/mol. The first-order chi connectivity index (χ1) is 9.13. The molecular weight excluding hydrogens is 280 g/mol. The maximum atomic E-state index is 12.3. The first-order valence-electron chi connectivity index (χ1n) is 6.27. The summed E-state index contributed by atoms with van der Waals surface area (Å²) in [5.74, 6) is -1.14. The van der Waals surface area contributed by atoms with Crippen molar-refractivity contribution in [1.82, 2.24) is 9.88 Å². The number of nitrogens with zero attached hydrogens (tertiary/aromatic N) is 2. The summed E-state index contributed by atoms with van der Waals surface area (Å²) in [6.45, 7) is 8.58. The number of carbonyl (C=O) groups is 2. The molecule has 1 atom stereocenters. The van der Waals surface area contributed by atoms with Gasteiger partial charge in [0.05, 0.1) is 0 Å². The van der Waals surface area contributed by atoms with Gasteiger partial charge in [-0.1, -0.05) is 0 Å². The summed E-state index contributed by atoms with van der Waals surface area (Å²) < 4.78 is 5.29. The van der Waals surface area contributed by atoms with Gasteiger partial charge in [-0.25, -0.2) is 14.6 Å². The third kappa shape index (κ3) is 3.27. The zero-order chi connectivity index (χ0) is 15.6. The summed E-state index contributed by atoms with van der Waals surface area (Å²) in [7, 11) is 0. The molecule has 0 fully saturated rings. The molecule has 6 nitrogen and oxygen atoms in total. The summed E-state index contributed by atoms with van der Waals surface area (Å²) in [6.07, 6.45) is 0.851. The number of carbonyl (C=O) groups excluding carboxylic acids is 1. The summed E-state index contributed by atoms with van der Waals surface area (Å²) >= 11 is 1.20. The van der Waals surface area contributed by atoms with Crippen LogP contribution in [0.15, 0.2) is 11.6 Å². The number of aromatic nitrogens is 1. The van der Waals surface area contributed by atoms with Gasteiger partial charge < -0.3 is 9.84 Å². The number of likely N-dealkylation sites (N-methyl/N-ethyl adjacent to an activating group) is 1. The number of thiazole rings is 1. The number of hydrogen-bond acceptors (Lipinski definition) is 5. The number of aliphatic carboxylic acids is 1. The van der Waals surface area contributed by atoms with E-state index < -0.39 is 23.2 Å². The largest absolute Gasteiger partial charge is 0.479 e. The van der Waals surface area contributed by atoms with Crippen LogP contribution in [0, 0.1) is 0 Å². The highest BCUT2D eigenvalue weighted by Crippen LogP contribution is 2.31. The van der Waals surface area contributed by atoms with Crippen LogP contribution in [0.5, 0.6) is 0 Å². The number of rotatable bonds is 4. The molecule has 0 bridgehead atoms. The van der Waals surface area contributed by atoms with Gasteiger partial charge in [0.2, 0.25) is 0 Å². The monoisotopic (exact) mass is 300 g/mol. The van der Waals surface area contributed by atoms with Crippen LogP contribution in [0.1, 0.15) is 39.6 Å². The molecule has 1 rings (SSSR count). The molecule has 0 saturated carbocycles. The Hall–Kier alpha value is -1.63. The molecule has 7 heteroatoms. The van der Waals surface area contributed by atoms with Crippen molar-refractivity contribution >= 4 is 23.4 Å². The quantitative estimate of drug-likeness (QED) is 0.924. The molecule has 1 amide bonds. The predicted octanol–water partition coefficient (Wildman–Crippen LogP) is 2.70. The van der Waals surface area contributed by atoms with Crippen molar-refractivity contribution in [1.29, 1.82) is 0 Å². The lowest BCUT2D eigenvalue weighted by Crippen LogP contribution is -2.53. The van der Waals surface area contributed by atoms with Crippen molar-refractivity contribution in [3.8, 4) is 0 Å². The fraction of sp³-hybridized carbons (Fsp3) is 0.615. The van der Waals surface area contributed by atoms with Crippen molar-refractivity contribution in [2.24, 2.45) is 0 Å². The van der Waals surface area contributed by atoms with E-state index in [1.165, 1.54) is 29.4 Å². The van der Waals surface area contributed by atoms with Crippen molar-refractivity contribution < 1.29 is 19.4 Å². The molecule has 1 aromatic rings. The Morgan fingerprint density at radius 2 is 2.00 bits per heavy atom. The van der Waals surface area contributed by atoms with Crippen molar-refractivity contribution in [3.05, 3.63) is 16.6 Å². The van der Waals surface area contributed by atoms with E-state index in [0.717, 1.165) is 0 Å². The molecule has 0 radical (unpaired) electrons. The van der Waals surface area contributed by atoms with Gasteiger partial charge in [0.15, 0.2) is 5.54 Å². The Morgan fingerprint density at radius 3 is 2.35 bits per heavy atom. The SMILES string of the molecule is CCN(C(=O)OC(C)(C)C)C(C)(C(=O)O)c1nccs1. The summed E-state index contributed by atoms with van der Waals surface area (Å²) in [6, 6.07) is 0. The lowest BCUT2D eigenvalue weighted by molar-refractivity contribution is -0.150. The number of ether oxygens (including phenoxy) is 1. The molecule has 1 aromatic heterocycles. The van der Waals surface area contributed by atoms with Crippen molar-refractivity contribution in [2.75, 3.05) is 6.54 Å². The first kappa shape index (κ1) is 16.4. The number of hydrogen-bond donors (Lipinski definition) is 1. The third-order valence-electron chi connectivity index (χ3n) is 2.74. The minimum atomic E-state index is -1.54.